The third kappa shape index (κ3) is 5.93. The predicted octanol–water partition coefficient (Wildman–Crippen LogP) is 9.14. The summed E-state index contributed by atoms with van der Waals surface area (Å²) in [5.41, 5.74) is 7.74. The van der Waals surface area contributed by atoms with E-state index >= 15 is 0 Å². The molecule has 204 valence electrons. The minimum Gasteiger partial charge on any atom is -0.261 e. The first kappa shape index (κ1) is 27.3. The van der Waals surface area contributed by atoms with Crippen LogP contribution in [0.1, 0.15) is 22.3 Å². The molecule has 6 aromatic carbocycles. The molecule has 0 radical (unpaired) electrons. The molecule has 6 aromatic rings. The highest BCUT2D eigenvalue weighted by Crippen LogP contribution is 2.33. The van der Waals surface area contributed by atoms with E-state index in [2.05, 4.69) is 78.4 Å². The molecule has 0 bridgehead atoms. The highest BCUT2D eigenvalue weighted by molar-refractivity contribution is 6.12. The zero-order valence-corrected chi connectivity index (χ0v) is 23.6. The number of rotatable bonds is 6. The third-order valence-electron chi connectivity index (χ3n) is 7.37. The van der Waals surface area contributed by atoms with Gasteiger partial charge in [0, 0.05) is 11.1 Å². The van der Waals surface area contributed by atoms with Gasteiger partial charge in [0.15, 0.2) is 11.7 Å². The lowest BCUT2D eigenvalue weighted by molar-refractivity contribution is 1.08. The number of amidine groups is 2. The summed E-state index contributed by atoms with van der Waals surface area (Å²) in [4.78, 5) is 14.1. The Kier molecular flexibility index (Phi) is 8.06. The first-order chi connectivity index (χ1) is 21.2. The van der Waals surface area contributed by atoms with Gasteiger partial charge < -0.3 is 0 Å². The van der Waals surface area contributed by atoms with Crippen LogP contribution in [-0.4, -0.2) is 18.4 Å². The molecule has 0 N–H and O–H groups in total. The second kappa shape index (κ2) is 12.7. The van der Waals surface area contributed by atoms with Crippen molar-refractivity contribution >= 4 is 29.2 Å². The average molecular weight is 553 g/mol. The molecule has 0 atom stereocenters. The predicted molar refractivity (Wildman–Crippen MR) is 179 cm³/mol. The van der Waals surface area contributed by atoms with E-state index in [-0.39, 0.29) is 0 Å². The SMILES string of the molecule is C=NC(=NC(=NCc1cccc2cccc(-c3ccc(-c4ccccc4C#N)cc3)c12)c1ccccc1)c1ccccc1. The second-order valence-electron chi connectivity index (χ2n) is 10.0. The van der Waals surface area contributed by atoms with Gasteiger partial charge in [-0.15, -0.1) is 0 Å². The normalized spacial score (nSPS) is 11.7. The van der Waals surface area contributed by atoms with Crippen LogP contribution >= 0.6 is 0 Å². The lowest BCUT2D eigenvalue weighted by atomic mass is 9.93. The molecule has 0 saturated carbocycles. The Morgan fingerprint density at radius 2 is 1.14 bits per heavy atom. The molecule has 0 amide bonds. The molecule has 43 heavy (non-hydrogen) atoms. The molecule has 0 aliphatic heterocycles. The molecular formula is C39H28N4. The van der Waals surface area contributed by atoms with Gasteiger partial charge in [-0.05, 0) is 51.4 Å². The van der Waals surface area contributed by atoms with E-state index in [1.165, 1.54) is 0 Å². The average Bonchev–Trinajstić information content (AvgIpc) is 3.09. The quantitative estimate of drug-likeness (QED) is 0.150. The highest BCUT2D eigenvalue weighted by atomic mass is 15.0. The molecule has 4 nitrogen and oxygen atoms in total. The van der Waals surface area contributed by atoms with Crippen LogP contribution in [0.4, 0.5) is 0 Å². The van der Waals surface area contributed by atoms with Crippen molar-refractivity contribution in [1.29, 1.82) is 5.26 Å². The maximum absolute atomic E-state index is 9.57. The van der Waals surface area contributed by atoms with Crippen molar-refractivity contribution in [2.45, 2.75) is 6.54 Å². The number of fused-ring (bicyclic) bond motifs is 1. The highest BCUT2D eigenvalue weighted by Gasteiger charge is 2.12. The Morgan fingerprint density at radius 1 is 0.581 bits per heavy atom. The first-order valence-corrected chi connectivity index (χ1v) is 14.1. The van der Waals surface area contributed by atoms with Crippen LogP contribution < -0.4 is 0 Å². The monoisotopic (exact) mass is 552 g/mol. The van der Waals surface area contributed by atoms with Crippen molar-refractivity contribution < 1.29 is 0 Å². The van der Waals surface area contributed by atoms with E-state index in [4.69, 9.17) is 9.98 Å². The van der Waals surface area contributed by atoms with Crippen LogP contribution in [0.3, 0.4) is 0 Å². The van der Waals surface area contributed by atoms with E-state index in [0.29, 0.717) is 23.8 Å². The minimum absolute atomic E-state index is 0.439. The van der Waals surface area contributed by atoms with E-state index < -0.39 is 0 Å². The van der Waals surface area contributed by atoms with E-state index in [1.807, 2.05) is 84.9 Å². The molecule has 0 fully saturated rings. The van der Waals surface area contributed by atoms with Crippen molar-refractivity contribution in [3.63, 3.8) is 0 Å². The van der Waals surface area contributed by atoms with Gasteiger partial charge in [-0.25, -0.2) is 9.98 Å². The molecule has 0 spiro atoms. The maximum Gasteiger partial charge on any atom is 0.161 e. The maximum atomic E-state index is 9.57. The molecule has 4 heteroatoms. The van der Waals surface area contributed by atoms with Crippen LogP contribution in [0.15, 0.2) is 161 Å². The molecule has 0 aliphatic carbocycles. The summed E-state index contributed by atoms with van der Waals surface area (Å²) in [6, 6.07) is 50.9. The van der Waals surface area contributed by atoms with Crippen molar-refractivity contribution in [2.24, 2.45) is 15.0 Å². The number of nitriles is 1. The lowest BCUT2D eigenvalue weighted by Crippen LogP contribution is -2.05. The Balaban J connectivity index is 1.42. The summed E-state index contributed by atoms with van der Waals surface area (Å²) in [6.45, 7) is 4.21. The van der Waals surface area contributed by atoms with Crippen molar-refractivity contribution in [1.82, 2.24) is 0 Å². The van der Waals surface area contributed by atoms with Gasteiger partial charge in [0.05, 0.1) is 18.2 Å². The van der Waals surface area contributed by atoms with E-state index in [1.54, 1.807) is 0 Å². The summed E-state index contributed by atoms with van der Waals surface area (Å²) in [5.74, 6) is 1.13. The standard InChI is InChI=1S/C39H28N4/c1-41-38(31-12-4-2-5-13-31)43-39(32-14-6-3-7-15-32)42-27-34-19-10-17-30-18-11-21-36(37(30)34)29-24-22-28(23-25-29)35-20-9-8-16-33(35)26-40/h2-25H,1,27H2. The Labute approximate surface area is 251 Å². The smallest absolute Gasteiger partial charge is 0.161 e. The van der Waals surface area contributed by atoms with Crippen LogP contribution in [0.25, 0.3) is 33.0 Å². The zero-order valence-electron chi connectivity index (χ0n) is 23.6. The molecule has 0 saturated heterocycles. The fourth-order valence-corrected chi connectivity index (χ4v) is 5.27. The summed E-state index contributed by atoms with van der Waals surface area (Å²) >= 11 is 0. The topological polar surface area (TPSA) is 60.9 Å². The minimum atomic E-state index is 0.439. The largest absolute Gasteiger partial charge is 0.261 e. The van der Waals surface area contributed by atoms with Crippen LogP contribution in [0.2, 0.25) is 0 Å². The van der Waals surface area contributed by atoms with Gasteiger partial charge in [-0.3, -0.25) is 4.99 Å². The number of aliphatic imine (C=N–C) groups is 3. The van der Waals surface area contributed by atoms with Crippen molar-refractivity contribution in [3.05, 3.63) is 168 Å². The molecule has 0 heterocycles. The molecule has 6 rings (SSSR count). The van der Waals surface area contributed by atoms with Crippen molar-refractivity contribution in [3.8, 4) is 28.3 Å². The number of hydrogen-bond donors (Lipinski definition) is 0. The number of benzene rings is 6. The summed E-state index contributed by atoms with van der Waals surface area (Å²) < 4.78 is 0. The van der Waals surface area contributed by atoms with Gasteiger partial charge in [-0.2, -0.15) is 5.26 Å². The molecule has 0 unspecified atom stereocenters. The van der Waals surface area contributed by atoms with Crippen LogP contribution in [0, 0.1) is 11.3 Å². The number of nitrogens with zero attached hydrogens (tertiary/aromatic N) is 4. The lowest BCUT2D eigenvalue weighted by Gasteiger charge is -2.13. The number of hydrogen-bond acceptors (Lipinski definition) is 2. The fraction of sp³-hybridized carbons (Fsp3) is 0.0256. The summed E-state index contributed by atoms with van der Waals surface area (Å²) in [5, 5.41) is 11.9. The molecule has 0 aliphatic rings. The Bertz CT molecular complexity index is 1990. The van der Waals surface area contributed by atoms with Crippen molar-refractivity contribution in [2.75, 3.05) is 0 Å². The van der Waals surface area contributed by atoms with Gasteiger partial charge in [0.25, 0.3) is 0 Å². The van der Waals surface area contributed by atoms with Gasteiger partial charge in [0.1, 0.15) is 0 Å². The van der Waals surface area contributed by atoms with E-state index in [9.17, 15) is 5.26 Å². The molecular weight excluding hydrogens is 524 g/mol. The van der Waals surface area contributed by atoms with Crippen LogP contribution in [-0.2, 0) is 6.54 Å². The molecule has 0 aromatic heterocycles. The summed E-state index contributed by atoms with van der Waals surface area (Å²) in [7, 11) is 0. The zero-order chi connectivity index (χ0) is 29.4. The van der Waals surface area contributed by atoms with E-state index in [0.717, 1.165) is 49.7 Å². The third-order valence-corrected chi connectivity index (χ3v) is 7.37. The summed E-state index contributed by atoms with van der Waals surface area (Å²) in [6.07, 6.45) is 0. The van der Waals surface area contributed by atoms with Crippen LogP contribution in [0.5, 0.6) is 0 Å². The van der Waals surface area contributed by atoms with Gasteiger partial charge in [0.2, 0.25) is 0 Å². The first-order valence-electron chi connectivity index (χ1n) is 14.1. The Morgan fingerprint density at radius 3 is 1.79 bits per heavy atom. The second-order valence-corrected chi connectivity index (χ2v) is 10.0. The van der Waals surface area contributed by atoms with Gasteiger partial charge in [-0.1, -0.05) is 140 Å². The Hall–Kier alpha value is -5.92. The van der Waals surface area contributed by atoms with Gasteiger partial charge >= 0.3 is 0 Å². The fourth-order valence-electron chi connectivity index (χ4n) is 5.27.